The molecule has 0 radical (unpaired) electrons. The Hall–Kier alpha value is -2.98. The number of ether oxygens (including phenoxy) is 1. The molecule has 1 amide bonds. The normalized spacial score (nSPS) is 11.2. The Morgan fingerprint density at radius 3 is 2.54 bits per heavy atom. The molecular weight excluding hydrogens is 495 g/mol. The van der Waals surface area contributed by atoms with E-state index < -0.39 is 11.7 Å². The molecule has 0 aliphatic carbocycles. The SMILES string of the molecule is CCc1ccccc1C(F)(F)F.CNC(=O)c1sc(-n2cnc3ccc(CSC)cc32)cc1OC. The number of fused-ring (bicyclic) bond motifs is 1. The Labute approximate surface area is 210 Å². The van der Waals surface area contributed by atoms with Crippen LogP contribution in [0.4, 0.5) is 13.2 Å². The third-order valence-electron chi connectivity index (χ3n) is 5.20. The maximum atomic E-state index is 12.2. The Bertz CT molecular complexity index is 1300. The van der Waals surface area contributed by atoms with E-state index in [1.54, 1.807) is 45.2 Å². The van der Waals surface area contributed by atoms with Crippen LogP contribution in [0.3, 0.4) is 0 Å². The molecule has 2 heterocycles. The van der Waals surface area contributed by atoms with Crippen molar-refractivity contribution in [2.45, 2.75) is 25.3 Å². The molecule has 4 rings (SSSR count). The molecule has 0 saturated heterocycles. The molecular formula is C25H26F3N3O2S2. The van der Waals surface area contributed by atoms with Gasteiger partial charge >= 0.3 is 6.18 Å². The zero-order valence-corrected chi connectivity index (χ0v) is 21.4. The summed E-state index contributed by atoms with van der Waals surface area (Å²) < 4.78 is 44.0. The van der Waals surface area contributed by atoms with Gasteiger partial charge in [-0.25, -0.2) is 4.98 Å². The molecule has 0 bridgehead atoms. The number of hydrogen-bond acceptors (Lipinski definition) is 5. The molecule has 0 aliphatic rings. The fourth-order valence-corrected chi connectivity index (χ4v) is 5.06. The summed E-state index contributed by atoms with van der Waals surface area (Å²) in [5.74, 6) is 1.38. The molecule has 2 aromatic carbocycles. The summed E-state index contributed by atoms with van der Waals surface area (Å²) in [6.07, 6.45) is 0.0655. The number of alkyl halides is 3. The van der Waals surface area contributed by atoms with E-state index >= 15 is 0 Å². The van der Waals surface area contributed by atoms with Crippen LogP contribution < -0.4 is 10.1 Å². The maximum Gasteiger partial charge on any atom is 0.416 e. The van der Waals surface area contributed by atoms with Crippen LogP contribution in [0.2, 0.25) is 0 Å². The van der Waals surface area contributed by atoms with E-state index in [4.69, 9.17) is 4.74 Å². The number of thiophene rings is 1. The quantitative estimate of drug-likeness (QED) is 0.311. The van der Waals surface area contributed by atoms with Crippen LogP contribution in [0.1, 0.15) is 33.3 Å². The molecule has 4 aromatic rings. The minimum Gasteiger partial charge on any atom is -0.495 e. The third kappa shape index (κ3) is 6.18. The zero-order valence-electron chi connectivity index (χ0n) is 19.8. The molecule has 0 spiro atoms. The van der Waals surface area contributed by atoms with E-state index in [1.807, 2.05) is 16.7 Å². The molecule has 2 aromatic heterocycles. The van der Waals surface area contributed by atoms with E-state index in [1.165, 1.54) is 29.0 Å². The van der Waals surface area contributed by atoms with Crippen LogP contribution in [0.5, 0.6) is 5.75 Å². The zero-order chi connectivity index (χ0) is 25.6. The second-order valence-electron chi connectivity index (χ2n) is 7.44. The van der Waals surface area contributed by atoms with Crippen LogP contribution in [0.15, 0.2) is 54.9 Å². The fraction of sp³-hybridized carbons (Fsp3) is 0.280. The van der Waals surface area contributed by atoms with Crippen molar-refractivity contribution in [3.8, 4) is 10.8 Å². The van der Waals surface area contributed by atoms with Gasteiger partial charge in [-0.05, 0) is 42.0 Å². The van der Waals surface area contributed by atoms with E-state index in [0.29, 0.717) is 22.6 Å². The number of thioether (sulfide) groups is 1. The molecule has 35 heavy (non-hydrogen) atoms. The maximum absolute atomic E-state index is 12.2. The highest BCUT2D eigenvalue weighted by atomic mass is 32.2. The third-order valence-corrected chi connectivity index (χ3v) is 6.94. The lowest BCUT2D eigenvalue weighted by molar-refractivity contribution is -0.138. The molecule has 1 N–H and O–H groups in total. The van der Waals surface area contributed by atoms with Gasteiger partial charge in [0.05, 0.1) is 23.7 Å². The van der Waals surface area contributed by atoms with E-state index in [9.17, 15) is 18.0 Å². The Kier molecular flexibility index (Phi) is 8.85. The highest BCUT2D eigenvalue weighted by Gasteiger charge is 2.32. The highest BCUT2D eigenvalue weighted by molar-refractivity contribution is 7.97. The predicted octanol–water partition coefficient (Wildman–Crippen LogP) is 6.59. The lowest BCUT2D eigenvalue weighted by Gasteiger charge is -2.10. The van der Waals surface area contributed by atoms with E-state index in [0.717, 1.165) is 27.9 Å². The van der Waals surface area contributed by atoms with Crippen molar-refractivity contribution in [2.75, 3.05) is 20.4 Å². The van der Waals surface area contributed by atoms with Gasteiger partial charge in [0.2, 0.25) is 0 Å². The first kappa shape index (κ1) is 26.6. The monoisotopic (exact) mass is 521 g/mol. The van der Waals surface area contributed by atoms with E-state index in [2.05, 4.69) is 28.7 Å². The number of methoxy groups -OCH3 is 1. The van der Waals surface area contributed by atoms with Crippen molar-refractivity contribution in [2.24, 2.45) is 0 Å². The van der Waals surface area contributed by atoms with Crippen molar-refractivity contribution in [3.05, 3.63) is 76.4 Å². The lowest BCUT2D eigenvalue weighted by atomic mass is 10.1. The summed E-state index contributed by atoms with van der Waals surface area (Å²) in [5, 5.41) is 3.55. The summed E-state index contributed by atoms with van der Waals surface area (Å²) in [4.78, 5) is 17.0. The molecule has 0 saturated carbocycles. The largest absolute Gasteiger partial charge is 0.495 e. The number of rotatable bonds is 6. The van der Waals surface area contributed by atoms with E-state index in [-0.39, 0.29) is 5.91 Å². The number of benzene rings is 2. The van der Waals surface area contributed by atoms with Crippen LogP contribution in [0.25, 0.3) is 16.0 Å². The van der Waals surface area contributed by atoms with Gasteiger partial charge in [0.15, 0.2) is 0 Å². The van der Waals surface area contributed by atoms with Gasteiger partial charge in [-0.3, -0.25) is 9.36 Å². The molecule has 0 aliphatic heterocycles. The summed E-state index contributed by atoms with van der Waals surface area (Å²) >= 11 is 3.17. The van der Waals surface area contributed by atoms with Gasteiger partial charge in [-0.2, -0.15) is 24.9 Å². The summed E-state index contributed by atoms with van der Waals surface area (Å²) in [6.45, 7) is 1.71. The van der Waals surface area contributed by atoms with Gasteiger partial charge in [-0.15, -0.1) is 11.3 Å². The second kappa shape index (κ2) is 11.6. The standard InChI is InChI=1S/C16H17N3O2S2.C9H9F3/c1-17-16(20)15-13(21-2)7-14(23-15)19-9-18-11-5-4-10(8-22-3)6-12(11)19;1-2-7-5-3-4-6-8(7)9(10,11)12/h4-7,9H,8H2,1-3H3,(H,17,20);3-6H,2H2,1H3. The number of amides is 1. The number of aryl methyl sites for hydroxylation is 1. The second-order valence-corrected chi connectivity index (χ2v) is 9.34. The van der Waals surface area contributed by atoms with Crippen LogP contribution in [-0.4, -0.2) is 35.9 Å². The Morgan fingerprint density at radius 2 is 1.94 bits per heavy atom. The number of aromatic nitrogens is 2. The average molecular weight is 522 g/mol. The first-order valence-corrected chi connectivity index (χ1v) is 12.9. The molecule has 10 heteroatoms. The Morgan fingerprint density at radius 1 is 1.20 bits per heavy atom. The summed E-state index contributed by atoms with van der Waals surface area (Å²) in [5.41, 5.74) is 3.05. The number of hydrogen-bond donors (Lipinski definition) is 1. The number of halogens is 3. The summed E-state index contributed by atoms with van der Waals surface area (Å²) in [6, 6.07) is 13.8. The number of carbonyl (C=O) groups is 1. The summed E-state index contributed by atoms with van der Waals surface area (Å²) in [7, 11) is 3.18. The number of nitrogens with one attached hydrogen (secondary N) is 1. The van der Waals surface area contributed by atoms with Crippen LogP contribution >= 0.6 is 23.1 Å². The number of imidazole rings is 1. The van der Waals surface area contributed by atoms with Gasteiger partial charge < -0.3 is 10.1 Å². The van der Waals surface area contributed by atoms with Crippen LogP contribution in [0, 0.1) is 0 Å². The highest BCUT2D eigenvalue weighted by Crippen LogP contribution is 2.34. The van der Waals surface area contributed by atoms with Crippen molar-refractivity contribution in [1.29, 1.82) is 0 Å². The topological polar surface area (TPSA) is 56.2 Å². The van der Waals surface area contributed by atoms with Crippen molar-refractivity contribution in [1.82, 2.24) is 14.9 Å². The molecule has 0 unspecified atom stereocenters. The molecule has 0 fully saturated rings. The molecule has 5 nitrogen and oxygen atoms in total. The fourth-order valence-electron chi connectivity index (χ4n) is 3.49. The van der Waals surface area contributed by atoms with Crippen molar-refractivity contribution >= 4 is 40.0 Å². The van der Waals surface area contributed by atoms with Gasteiger partial charge in [-0.1, -0.05) is 31.2 Å². The lowest BCUT2D eigenvalue weighted by Crippen LogP contribution is -2.16. The number of carbonyl (C=O) groups excluding carboxylic acids is 1. The van der Waals surface area contributed by atoms with Crippen LogP contribution in [-0.2, 0) is 18.3 Å². The van der Waals surface area contributed by atoms with Gasteiger partial charge in [0, 0.05) is 18.9 Å². The predicted molar refractivity (Wildman–Crippen MR) is 137 cm³/mol. The number of nitrogens with zero attached hydrogens (tertiary/aromatic N) is 2. The molecule has 186 valence electrons. The molecule has 0 atom stereocenters. The van der Waals surface area contributed by atoms with Gasteiger partial charge in [0.25, 0.3) is 5.91 Å². The average Bonchev–Trinajstić information content (AvgIpc) is 3.47. The minimum atomic E-state index is -4.22. The van der Waals surface area contributed by atoms with Crippen molar-refractivity contribution in [3.63, 3.8) is 0 Å². The van der Waals surface area contributed by atoms with Crippen molar-refractivity contribution < 1.29 is 22.7 Å². The first-order valence-electron chi connectivity index (χ1n) is 10.7. The van der Waals surface area contributed by atoms with Gasteiger partial charge in [0.1, 0.15) is 22.0 Å². The smallest absolute Gasteiger partial charge is 0.416 e. The minimum absolute atomic E-state index is 0.148. The first-order chi connectivity index (χ1) is 16.7. The Balaban J connectivity index is 0.000000241.